The number of nitrogens with one attached hydrogen (secondary N) is 1. The summed E-state index contributed by atoms with van der Waals surface area (Å²) in [5.74, 6) is 0.293. The summed E-state index contributed by atoms with van der Waals surface area (Å²) in [7, 11) is -16.9. The summed E-state index contributed by atoms with van der Waals surface area (Å²) < 4.78 is 125. The number of rotatable bonds is 14. The average Bonchev–Trinajstić information content (AvgIpc) is 3.16. The van der Waals surface area contributed by atoms with Crippen LogP contribution in [0.3, 0.4) is 0 Å². The summed E-state index contributed by atoms with van der Waals surface area (Å²) in [5, 5.41) is 19.1. The normalized spacial score (nSPS) is 12.1. The smallest absolute Gasteiger partial charge is 0.353 e. The van der Waals surface area contributed by atoms with E-state index in [2.05, 4.69) is 40.7 Å². The fourth-order valence-corrected chi connectivity index (χ4v) is 7.04. The van der Waals surface area contributed by atoms with Crippen LogP contribution in [0.1, 0.15) is 22.8 Å². The molecule has 0 atom stereocenters. The van der Waals surface area contributed by atoms with Gasteiger partial charge in [-0.3, -0.25) is 13.7 Å². The lowest BCUT2D eigenvalue weighted by Crippen LogP contribution is -2.17. The van der Waals surface area contributed by atoms with E-state index in [4.69, 9.17) is 17.2 Å². The van der Waals surface area contributed by atoms with E-state index < -0.39 is 56.5 Å². The molecule has 0 saturated heterocycles. The Bertz CT molecular complexity index is 2990. The molecule has 0 fully saturated rings. The molecule has 0 spiro atoms. The van der Waals surface area contributed by atoms with Crippen LogP contribution in [-0.2, 0) is 53.8 Å². The van der Waals surface area contributed by atoms with Gasteiger partial charge in [0.05, 0.1) is 28.5 Å². The van der Waals surface area contributed by atoms with Crippen molar-refractivity contribution in [2.24, 2.45) is 20.5 Å². The Labute approximate surface area is 338 Å². The van der Waals surface area contributed by atoms with Crippen LogP contribution in [0.15, 0.2) is 139 Å². The first-order valence-electron chi connectivity index (χ1n) is 16.6. The molecule has 20 nitrogen and oxygen atoms in total. The quantitative estimate of drug-likeness (QED) is 0.0739. The van der Waals surface area contributed by atoms with Gasteiger partial charge in [-0.2, -0.15) is 55.7 Å². The van der Waals surface area contributed by atoms with Gasteiger partial charge in [-0.15, -0.1) is 12.6 Å². The van der Waals surface area contributed by atoms with Crippen LogP contribution < -0.4 is 5.32 Å². The molecule has 59 heavy (non-hydrogen) atoms. The van der Waals surface area contributed by atoms with Gasteiger partial charge >= 0.3 is 10.6 Å². The van der Waals surface area contributed by atoms with Gasteiger partial charge in [0, 0.05) is 30.2 Å². The van der Waals surface area contributed by atoms with Crippen molar-refractivity contribution in [1.29, 1.82) is 0 Å². The number of azo groups is 2. The second kappa shape index (κ2) is 19.0. The van der Waals surface area contributed by atoms with Crippen molar-refractivity contribution in [3.8, 4) is 0 Å². The standard InChI is InChI=1S/C35H30N8O9S3.O3S/c44-53(45,46)18-17-36-35-38-33(19-23-9-13-26(14-10-23)41-40-25-5-2-1-3-6-25)37-34(39-35)20-24-11-15-27(16-12-24)42-43-28-21-30-29(32(22-28)55(50,51)52)7-4-8-31(30)54(47,48)49;1-4(2)3/h1-16,21-22H,17-20H2,(H,44,45,46)(H,47,48,49)(H,50,51,52)(H,36,37,38,39);. The number of hydrogen-bond donors (Lipinski definition) is 4. The molecule has 6 aromatic rings. The molecule has 0 radical (unpaired) electrons. The maximum absolute atomic E-state index is 12.1. The van der Waals surface area contributed by atoms with E-state index in [1.807, 2.05) is 42.5 Å². The molecular weight excluding hydrogens is 853 g/mol. The molecule has 306 valence electrons. The maximum atomic E-state index is 12.1. The van der Waals surface area contributed by atoms with Gasteiger partial charge in [0.2, 0.25) is 5.95 Å². The molecular formula is C35H30N8O12S4. The van der Waals surface area contributed by atoms with Gasteiger partial charge in [-0.25, -0.2) is 4.98 Å². The Hall–Kier alpha value is -6.28. The van der Waals surface area contributed by atoms with Gasteiger partial charge in [0.25, 0.3) is 30.4 Å². The zero-order chi connectivity index (χ0) is 42.8. The third-order valence-corrected chi connectivity index (χ3v) is 10.3. The van der Waals surface area contributed by atoms with Gasteiger partial charge in [0.15, 0.2) is 0 Å². The van der Waals surface area contributed by atoms with E-state index in [-0.39, 0.29) is 35.4 Å². The Morgan fingerprint density at radius 3 is 1.47 bits per heavy atom. The minimum atomic E-state index is -4.83. The number of nitrogens with zero attached hydrogens (tertiary/aromatic N) is 7. The predicted octanol–water partition coefficient (Wildman–Crippen LogP) is 5.83. The molecule has 0 aliphatic rings. The molecule has 0 amide bonds. The first kappa shape index (κ1) is 43.8. The number of fused-ring (bicyclic) bond motifs is 1. The number of benzene rings is 5. The Morgan fingerprint density at radius 1 is 0.525 bits per heavy atom. The minimum absolute atomic E-state index is 0.110. The number of hydrogen-bond acceptors (Lipinski definition) is 17. The molecule has 0 aliphatic carbocycles. The molecule has 1 heterocycles. The largest absolute Gasteiger partial charge is 0.425 e. The van der Waals surface area contributed by atoms with Crippen molar-refractivity contribution in [1.82, 2.24) is 15.0 Å². The van der Waals surface area contributed by atoms with Crippen molar-refractivity contribution in [2.75, 3.05) is 17.6 Å². The Morgan fingerprint density at radius 2 is 1.00 bits per heavy atom. The summed E-state index contributed by atoms with van der Waals surface area (Å²) in [5.41, 5.74) is 3.18. The van der Waals surface area contributed by atoms with E-state index in [9.17, 15) is 34.4 Å². The van der Waals surface area contributed by atoms with Crippen molar-refractivity contribution in [2.45, 2.75) is 22.6 Å². The van der Waals surface area contributed by atoms with Crippen LogP contribution in [0.2, 0.25) is 0 Å². The first-order valence-corrected chi connectivity index (χ1v) is 22.1. The highest BCUT2D eigenvalue weighted by atomic mass is 32.2. The minimum Gasteiger partial charge on any atom is -0.353 e. The summed E-state index contributed by atoms with van der Waals surface area (Å²) >= 11 is 0. The molecule has 0 saturated carbocycles. The van der Waals surface area contributed by atoms with E-state index in [0.717, 1.165) is 28.9 Å². The lowest BCUT2D eigenvalue weighted by atomic mass is 10.1. The Kier molecular flexibility index (Phi) is 14.1. The van der Waals surface area contributed by atoms with Crippen LogP contribution in [0, 0.1) is 0 Å². The molecule has 24 heteroatoms. The summed E-state index contributed by atoms with van der Waals surface area (Å²) in [6.07, 6.45) is 0.525. The van der Waals surface area contributed by atoms with Gasteiger partial charge < -0.3 is 5.32 Å². The van der Waals surface area contributed by atoms with Gasteiger partial charge in [0.1, 0.15) is 21.4 Å². The monoisotopic (exact) mass is 882 g/mol. The van der Waals surface area contributed by atoms with Crippen LogP contribution in [0.25, 0.3) is 10.8 Å². The van der Waals surface area contributed by atoms with Crippen LogP contribution in [-0.4, -0.2) is 78.8 Å². The van der Waals surface area contributed by atoms with Crippen LogP contribution >= 0.6 is 0 Å². The summed E-state index contributed by atoms with van der Waals surface area (Å²) in [6, 6.07) is 29.1. The first-order chi connectivity index (χ1) is 27.8. The van der Waals surface area contributed by atoms with E-state index >= 15 is 0 Å². The third-order valence-electron chi connectivity index (χ3n) is 7.74. The highest BCUT2D eigenvalue weighted by Crippen LogP contribution is 2.34. The van der Waals surface area contributed by atoms with Crippen LogP contribution in [0.4, 0.5) is 28.7 Å². The summed E-state index contributed by atoms with van der Waals surface area (Å²) in [6.45, 7) is -0.150. The maximum Gasteiger partial charge on any atom is 0.425 e. The number of aromatic nitrogens is 3. The highest BCUT2D eigenvalue weighted by molar-refractivity contribution is 7.86. The summed E-state index contributed by atoms with van der Waals surface area (Å²) in [4.78, 5) is 12.3. The van der Waals surface area contributed by atoms with E-state index in [1.165, 1.54) is 18.2 Å². The number of anilines is 1. The second-order valence-corrected chi connectivity index (χ2v) is 16.8. The molecule has 0 aliphatic heterocycles. The van der Waals surface area contributed by atoms with Crippen LogP contribution in [0.5, 0.6) is 0 Å². The van der Waals surface area contributed by atoms with Crippen molar-refractivity contribution in [3.63, 3.8) is 0 Å². The van der Waals surface area contributed by atoms with Gasteiger partial charge in [-0.05, 0) is 65.7 Å². The average molecular weight is 883 g/mol. The lowest BCUT2D eigenvalue weighted by Gasteiger charge is -2.09. The van der Waals surface area contributed by atoms with E-state index in [1.54, 1.807) is 36.4 Å². The molecule has 1 aromatic heterocycles. The predicted molar refractivity (Wildman–Crippen MR) is 211 cm³/mol. The molecule has 5 aromatic carbocycles. The highest BCUT2D eigenvalue weighted by Gasteiger charge is 2.21. The second-order valence-electron chi connectivity index (χ2n) is 12.1. The molecule has 0 bridgehead atoms. The zero-order valence-electron chi connectivity index (χ0n) is 30.0. The lowest BCUT2D eigenvalue weighted by molar-refractivity contribution is 0.481. The van der Waals surface area contributed by atoms with E-state index in [0.29, 0.717) is 29.4 Å². The van der Waals surface area contributed by atoms with Crippen molar-refractivity contribution >= 4 is 80.4 Å². The fraction of sp³-hybridized carbons (Fsp3) is 0.114. The Balaban J connectivity index is 0.00000158. The molecule has 4 N–H and O–H groups in total. The fourth-order valence-electron chi connectivity index (χ4n) is 5.25. The van der Waals surface area contributed by atoms with Crippen molar-refractivity contribution < 1.29 is 51.5 Å². The molecule has 6 rings (SSSR count). The van der Waals surface area contributed by atoms with Gasteiger partial charge in [-0.1, -0.05) is 54.6 Å². The zero-order valence-corrected chi connectivity index (χ0v) is 33.3. The molecule has 0 unspecified atom stereocenters. The van der Waals surface area contributed by atoms with Crippen molar-refractivity contribution in [3.05, 3.63) is 132 Å². The SMILES string of the molecule is O=S(=O)(O)CCNc1nc(Cc2ccc(N=Nc3ccccc3)cc2)nc(Cc2ccc(N=Nc3cc(S(=O)(=O)O)c4cccc(S(=O)(=O)O)c4c3)cc2)n1.O=S(=O)=O. The third kappa shape index (κ3) is 13.7. The topological polar surface area (TPSA) is 314 Å².